The minimum Gasteiger partial charge on any atom is -0.192 e. The van der Waals surface area contributed by atoms with Crippen molar-refractivity contribution in [3.05, 3.63) is 117 Å². The Bertz CT molecular complexity index is 1280. The first kappa shape index (κ1) is 19.2. The summed E-state index contributed by atoms with van der Waals surface area (Å²) in [6.07, 6.45) is 2.08. The van der Waals surface area contributed by atoms with Crippen molar-refractivity contribution in [2.45, 2.75) is 24.7 Å². The normalized spacial score (nSPS) is 18.0. The summed E-state index contributed by atoms with van der Waals surface area (Å²) in [5.41, 5.74) is 5.88. The van der Waals surface area contributed by atoms with Gasteiger partial charge in [0.05, 0.1) is 11.6 Å². The second kappa shape index (κ2) is 7.80. The Balaban J connectivity index is 1.67. The quantitative estimate of drug-likeness (QED) is 0.317. The van der Waals surface area contributed by atoms with E-state index in [1.807, 2.05) is 36.4 Å². The Hall–Kier alpha value is -2.79. The van der Waals surface area contributed by atoms with Gasteiger partial charge in [-0.3, -0.25) is 0 Å². The Morgan fingerprint density at radius 2 is 1.33 bits per heavy atom. The molecular weight excluding hydrogens is 409 g/mol. The Morgan fingerprint density at radius 3 is 2.10 bits per heavy atom. The molecule has 0 aromatic heterocycles. The third-order valence-corrected chi connectivity index (χ3v) is 6.76. The number of rotatable bonds is 2. The highest BCUT2D eigenvalue weighted by atomic mass is 35.5. The largest absolute Gasteiger partial charge is 0.192 e. The topological polar surface area (TPSA) is 23.8 Å². The lowest BCUT2D eigenvalue weighted by atomic mass is 9.71. The van der Waals surface area contributed by atoms with Gasteiger partial charge in [0.25, 0.3) is 0 Å². The molecular formula is C27H19Cl2N. The van der Waals surface area contributed by atoms with Gasteiger partial charge in [-0.1, -0.05) is 71.7 Å². The Labute approximate surface area is 186 Å². The fourth-order valence-corrected chi connectivity index (χ4v) is 5.20. The van der Waals surface area contributed by atoms with Crippen molar-refractivity contribution >= 4 is 34.0 Å². The first-order valence-corrected chi connectivity index (χ1v) is 10.9. The molecule has 0 radical (unpaired) electrons. The van der Waals surface area contributed by atoms with Gasteiger partial charge < -0.3 is 0 Å². The molecule has 1 aliphatic carbocycles. The first-order chi connectivity index (χ1) is 14.7. The van der Waals surface area contributed by atoms with Crippen LogP contribution in [0.2, 0.25) is 10.0 Å². The van der Waals surface area contributed by atoms with Crippen molar-refractivity contribution in [3.8, 4) is 6.07 Å². The average molecular weight is 428 g/mol. The highest BCUT2D eigenvalue weighted by Gasteiger charge is 2.30. The summed E-state index contributed by atoms with van der Waals surface area (Å²) in [5.74, 6) is 0.579. The number of benzene rings is 4. The summed E-state index contributed by atoms with van der Waals surface area (Å²) in [6, 6.07) is 29.1. The fraction of sp³-hybridized carbons (Fsp3) is 0.148. The van der Waals surface area contributed by atoms with Crippen molar-refractivity contribution in [1.29, 1.82) is 5.26 Å². The zero-order valence-corrected chi connectivity index (χ0v) is 17.8. The number of nitriles is 1. The van der Waals surface area contributed by atoms with Crippen LogP contribution in [0.5, 0.6) is 0 Å². The lowest BCUT2D eigenvalue weighted by Gasteiger charge is -2.33. The molecule has 0 N–H and O–H groups in total. The molecule has 5 rings (SSSR count). The number of hydrogen-bond donors (Lipinski definition) is 0. The molecule has 0 amide bonds. The van der Waals surface area contributed by atoms with Gasteiger partial charge in [-0.25, -0.2) is 0 Å². The van der Waals surface area contributed by atoms with Crippen LogP contribution >= 0.6 is 23.2 Å². The molecule has 0 saturated carbocycles. The van der Waals surface area contributed by atoms with Crippen molar-refractivity contribution in [2.75, 3.05) is 0 Å². The molecule has 4 aromatic rings. The third-order valence-electron chi connectivity index (χ3n) is 6.27. The zero-order valence-electron chi connectivity index (χ0n) is 16.3. The van der Waals surface area contributed by atoms with Gasteiger partial charge in [0.15, 0.2) is 0 Å². The predicted molar refractivity (Wildman–Crippen MR) is 124 cm³/mol. The lowest BCUT2D eigenvalue weighted by Crippen LogP contribution is -2.17. The summed E-state index contributed by atoms with van der Waals surface area (Å²) in [4.78, 5) is 0. The van der Waals surface area contributed by atoms with E-state index in [1.54, 1.807) is 0 Å². The number of nitrogens with zero attached hydrogens (tertiary/aromatic N) is 1. The van der Waals surface area contributed by atoms with Crippen LogP contribution in [-0.2, 0) is 0 Å². The maximum absolute atomic E-state index is 9.53. The monoisotopic (exact) mass is 427 g/mol. The van der Waals surface area contributed by atoms with Gasteiger partial charge in [0, 0.05) is 21.9 Å². The van der Waals surface area contributed by atoms with Gasteiger partial charge >= 0.3 is 0 Å². The molecule has 0 heterocycles. The van der Waals surface area contributed by atoms with E-state index in [-0.39, 0.29) is 5.92 Å². The number of hydrogen-bond acceptors (Lipinski definition) is 1. The van der Waals surface area contributed by atoms with E-state index in [2.05, 4.69) is 48.5 Å². The molecule has 0 spiro atoms. The van der Waals surface area contributed by atoms with Crippen LogP contribution in [-0.4, -0.2) is 0 Å². The molecule has 30 heavy (non-hydrogen) atoms. The van der Waals surface area contributed by atoms with Crippen LogP contribution in [0.3, 0.4) is 0 Å². The van der Waals surface area contributed by atoms with Gasteiger partial charge in [0.2, 0.25) is 0 Å². The van der Waals surface area contributed by atoms with Crippen molar-refractivity contribution in [2.24, 2.45) is 0 Å². The molecule has 1 aliphatic rings. The number of fused-ring (bicyclic) bond motifs is 2. The summed E-state index contributed by atoms with van der Waals surface area (Å²) in [6.45, 7) is 0. The SMILES string of the molecule is N#Cc1ccc(C2CCC(c3ccc(Cl)cc3)c3cc(Cl)ccc32)c2ccccc12. The standard InChI is InChI=1S/C27H19Cl2N/c28-19-8-5-17(6-9-19)22-13-14-25(26-12-10-20(29)15-27(22)26)24-11-7-18(16-30)21-3-1-2-4-23(21)24/h1-12,15,22,25H,13-14H2. The second-order valence-corrected chi connectivity index (χ2v) is 8.74. The summed E-state index contributed by atoms with van der Waals surface area (Å²) >= 11 is 12.5. The molecule has 1 nitrogen and oxygen atoms in total. The molecule has 2 unspecified atom stereocenters. The van der Waals surface area contributed by atoms with E-state index >= 15 is 0 Å². The smallest absolute Gasteiger partial charge is 0.0998 e. The summed E-state index contributed by atoms with van der Waals surface area (Å²) in [5, 5.41) is 13.2. The molecule has 2 atom stereocenters. The summed E-state index contributed by atoms with van der Waals surface area (Å²) in [7, 11) is 0. The second-order valence-electron chi connectivity index (χ2n) is 7.87. The maximum Gasteiger partial charge on any atom is 0.0998 e. The van der Waals surface area contributed by atoms with Crippen molar-refractivity contribution in [1.82, 2.24) is 0 Å². The molecule has 0 fully saturated rings. The van der Waals surface area contributed by atoms with Gasteiger partial charge in [-0.05, 0) is 76.2 Å². The van der Waals surface area contributed by atoms with Gasteiger partial charge in [-0.15, -0.1) is 0 Å². The summed E-state index contributed by atoms with van der Waals surface area (Å²) < 4.78 is 0. The predicted octanol–water partition coefficient (Wildman–Crippen LogP) is 8.08. The van der Waals surface area contributed by atoms with Crippen LogP contribution < -0.4 is 0 Å². The van der Waals surface area contributed by atoms with E-state index in [4.69, 9.17) is 23.2 Å². The van der Waals surface area contributed by atoms with E-state index in [9.17, 15) is 5.26 Å². The highest BCUT2D eigenvalue weighted by Crippen LogP contribution is 2.47. The van der Waals surface area contributed by atoms with Gasteiger partial charge in [0.1, 0.15) is 0 Å². The third kappa shape index (κ3) is 3.27. The Kier molecular flexibility index (Phi) is 4.99. The van der Waals surface area contributed by atoms with Crippen LogP contribution in [0.4, 0.5) is 0 Å². The highest BCUT2D eigenvalue weighted by molar-refractivity contribution is 6.31. The van der Waals surface area contributed by atoms with Crippen LogP contribution in [0.25, 0.3) is 10.8 Å². The van der Waals surface area contributed by atoms with Crippen LogP contribution in [0, 0.1) is 11.3 Å². The van der Waals surface area contributed by atoms with Crippen LogP contribution in [0.15, 0.2) is 78.9 Å². The minimum absolute atomic E-state index is 0.276. The van der Waals surface area contributed by atoms with E-state index in [0.717, 1.165) is 39.2 Å². The molecule has 3 heteroatoms. The van der Waals surface area contributed by atoms with Crippen molar-refractivity contribution < 1.29 is 0 Å². The van der Waals surface area contributed by atoms with E-state index in [1.165, 1.54) is 22.3 Å². The van der Waals surface area contributed by atoms with E-state index in [0.29, 0.717) is 5.92 Å². The van der Waals surface area contributed by atoms with Crippen molar-refractivity contribution in [3.63, 3.8) is 0 Å². The average Bonchev–Trinajstić information content (AvgIpc) is 2.78. The maximum atomic E-state index is 9.53. The zero-order chi connectivity index (χ0) is 20.7. The first-order valence-electron chi connectivity index (χ1n) is 10.1. The molecule has 0 bridgehead atoms. The molecule has 0 saturated heterocycles. The fourth-order valence-electron chi connectivity index (χ4n) is 4.90. The minimum atomic E-state index is 0.276. The van der Waals surface area contributed by atoms with E-state index < -0.39 is 0 Å². The molecule has 4 aromatic carbocycles. The van der Waals surface area contributed by atoms with Crippen LogP contribution in [0.1, 0.15) is 52.5 Å². The molecule has 146 valence electrons. The molecule has 0 aliphatic heterocycles. The Morgan fingerprint density at radius 1 is 0.667 bits per heavy atom. The lowest BCUT2D eigenvalue weighted by molar-refractivity contribution is 0.567. The number of halogens is 2. The van der Waals surface area contributed by atoms with Gasteiger partial charge in [-0.2, -0.15) is 5.26 Å².